The predicted octanol–water partition coefficient (Wildman–Crippen LogP) is 0.655. The number of fused-ring (bicyclic) bond motifs is 2. The molecule has 0 aliphatic carbocycles. The van der Waals surface area contributed by atoms with Gasteiger partial charge in [0.25, 0.3) is 0 Å². The van der Waals surface area contributed by atoms with Crippen molar-refractivity contribution in [2.24, 2.45) is 0 Å². The molecule has 0 fully saturated rings. The first-order valence-corrected chi connectivity index (χ1v) is 11.2. The first-order valence-electron chi connectivity index (χ1n) is 11.2. The second kappa shape index (κ2) is 11.5. The molecule has 0 saturated heterocycles. The number of aliphatic carboxylic acids is 2. The molecule has 31 heavy (non-hydrogen) atoms. The quantitative estimate of drug-likeness (QED) is 0.709. The van der Waals surface area contributed by atoms with Gasteiger partial charge in [0.05, 0.1) is 17.9 Å². The van der Waals surface area contributed by atoms with Gasteiger partial charge in [0, 0.05) is 52.4 Å². The van der Waals surface area contributed by atoms with E-state index in [1.807, 2.05) is 11.0 Å². The summed E-state index contributed by atoms with van der Waals surface area (Å²) in [7, 11) is 0. The van der Waals surface area contributed by atoms with E-state index in [4.69, 9.17) is 4.98 Å². The predicted molar refractivity (Wildman–Crippen MR) is 117 cm³/mol. The third kappa shape index (κ3) is 7.53. The second-order valence-electron chi connectivity index (χ2n) is 8.60. The van der Waals surface area contributed by atoms with Crippen LogP contribution >= 0.6 is 0 Å². The summed E-state index contributed by atoms with van der Waals surface area (Å²) < 4.78 is 0. The zero-order valence-corrected chi connectivity index (χ0v) is 18.4. The molecule has 4 bridgehead atoms. The fourth-order valence-electron chi connectivity index (χ4n) is 4.39. The van der Waals surface area contributed by atoms with Gasteiger partial charge in [-0.05, 0) is 45.0 Å². The summed E-state index contributed by atoms with van der Waals surface area (Å²) in [6, 6.07) is 5.64. The molecule has 0 spiro atoms. The summed E-state index contributed by atoms with van der Waals surface area (Å²) in [5.41, 5.74) is 2.05. The summed E-state index contributed by atoms with van der Waals surface area (Å²) >= 11 is 0. The molecule has 3 unspecified atom stereocenters. The van der Waals surface area contributed by atoms with Crippen molar-refractivity contribution in [2.75, 3.05) is 58.9 Å². The Hall–Kier alpha value is -2.07. The van der Waals surface area contributed by atoms with Gasteiger partial charge in [-0.3, -0.25) is 34.2 Å². The number of nitrogens with zero attached hydrogens (tertiary/aromatic N) is 5. The molecule has 1 aromatic rings. The molecule has 2 N–H and O–H groups in total. The highest BCUT2D eigenvalue weighted by Crippen LogP contribution is 2.12. The molecule has 3 atom stereocenters. The van der Waals surface area contributed by atoms with Crippen molar-refractivity contribution in [3.8, 4) is 0 Å². The monoisotopic (exact) mass is 433 g/mol. The van der Waals surface area contributed by atoms with Gasteiger partial charge in [0.15, 0.2) is 0 Å². The van der Waals surface area contributed by atoms with Crippen LogP contribution in [0.5, 0.6) is 0 Å². The SMILES string of the molecule is CC(C(=O)O)N1CCCN2CCN(CC(=O)O)CCCN(CC1)Cc1cccc(n1)C2. The highest BCUT2D eigenvalue weighted by Gasteiger charge is 2.23. The fraction of sp³-hybridized carbons (Fsp3) is 0.682. The summed E-state index contributed by atoms with van der Waals surface area (Å²) in [5.74, 6) is -1.58. The first-order chi connectivity index (χ1) is 14.9. The number of hydrogen-bond donors (Lipinski definition) is 2. The van der Waals surface area contributed by atoms with Gasteiger partial charge in [-0.25, -0.2) is 0 Å². The van der Waals surface area contributed by atoms with Gasteiger partial charge >= 0.3 is 11.9 Å². The van der Waals surface area contributed by atoms with Gasteiger partial charge in [0.2, 0.25) is 0 Å². The largest absolute Gasteiger partial charge is 0.480 e. The van der Waals surface area contributed by atoms with Gasteiger partial charge in [-0.15, -0.1) is 0 Å². The van der Waals surface area contributed by atoms with Crippen molar-refractivity contribution < 1.29 is 19.8 Å². The number of carboxylic acids is 2. The topological polar surface area (TPSA) is 100 Å². The Morgan fingerprint density at radius 3 is 2.13 bits per heavy atom. The van der Waals surface area contributed by atoms with E-state index in [2.05, 4.69) is 26.8 Å². The first kappa shape index (κ1) is 23.6. The van der Waals surface area contributed by atoms with Crippen molar-refractivity contribution in [3.05, 3.63) is 29.6 Å². The van der Waals surface area contributed by atoms with Crippen LogP contribution in [0.4, 0.5) is 0 Å². The average molecular weight is 434 g/mol. The number of hydrogen-bond acceptors (Lipinski definition) is 7. The number of aromatic nitrogens is 1. The van der Waals surface area contributed by atoms with E-state index < -0.39 is 18.0 Å². The Balaban J connectivity index is 1.86. The Morgan fingerprint density at radius 1 is 0.903 bits per heavy atom. The van der Waals surface area contributed by atoms with Crippen molar-refractivity contribution in [3.63, 3.8) is 0 Å². The van der Waals surface area contributed by atoms with Gasteiger partial charge in [-0.1, -0.05) is 6.07 Å². The molecule has 9 heteroatoms. The van der Waals surface area contributed by atoms with Crippen LogP contribution in [0.25, 0.3) is 0 Å². The fourth-order valence-corrected chi connectivity index (χ4v) is 4.39. The summed E-state index contributed by atoms with van der Waals surface area (Å²) in [4.78, 5) is 36.6. The third-order valence-electron chi connectivity index (χ3n) is 6.20. The molecule has 0 aromatic carbocycles. The molecular formula is C22H35N5O4. The van der Waals surface area contributed by atoms with E-state index >= 15 is 0 Å². The molecule has 0 saturated carbocycles. The molecule has 3 heterocycles. The maximum absolute atomic E-state index is 11.6. The third-order valence-corrected chi connectivity index (χ3v) is 6.20. The van der Waals surface area contributed by atoms with Crippen LogP contribution in [0, 0.1) is 0 Å². The number of carbonyl (C=O) groups is 2. The number of pyridine rings is 1. The van der Waals surface area contributed by atoms with Crippen LogP contribution in [0.3, 0.4) is 0 Å². The number of rotatable bonds is 4. The smallest absolute Gasteiger partial charge is 0.320 e. The molecule has 2 aliphatic heterocycles. The molecule has 2 aliphatic rings. The van der Waals surface area contributed by atoms with Crippen molar-refractivity contribution >= 4 is 11.9 Å². The molecule has 3 rings (SSSR count). The zero-order valence-electron chi connectivity index (χ0n) is 18.4. The van der Waals surface area contributed by atoms with Crippen molar-refractivity contribution in [1.82, 2.24) is 24.6 Å². The molecule has 0 amide bonds. The summed E-state index contributed by atoms with van der Waals surface area (Å²) in [5, 5.41) is 18.9. The summed E-state index contributed by atoms with van der Waals surface area (Å²) in [6.45, 7) is 9.24. The lowest BCUT2D eigenvalue weighted by Crippen LogP contribution is -2.45. The maximum atomic E-state index is 11.6. The van der Waals surface area contributed by atoms with Crippen molar-refractivity contribution in [1.29, 1.82) is 0 Å². The molecule has 0 radical (unpaired) electrons. The Kier molecular flexibility index (Phi) is 8.77. The van der Waals surface area contributed by atoms with E-state index in [-0.39, 0.29) is 6.54 Å². The van der Waals surface area contributed by atoms with Gasteiger partial charge in [0.1, 0.15) is 6.04 Å². The summed E-state index contributed by atoms with van der Waals surface area (Å²) in [6.07, 6.45) is 1.72. The Labute approximate surface area is 184 Å². The molecule has 172 valence electrons. The Morgan fingerprint density at radius 2 is 1.52 bits per heavy atom. The Bertz CT molecular complexity index is 746. The van der Waals surface area contributed by atoms with Gasteiger partial charge < -0.3 is 10.2 Å². The van der Waals surface area contributed by atoms with Gasteiger partial charge in [-0.2, -0.15) is 0 Å². The second-order valence-corrected chi connectivity index (χ2v) is 8.60. The highest BCUT2D eigenvalue weighted by atomic mass is 16.4. The van der Waals surface area contributed by atoms with Crippen LogP contribution < -0.4 is 0 Å². The van der Waals surface area contributed by atoms with Crippen LogP contribution in [-0.2, 0) is 22.7 Å². The van der Waals surface area contributed by atoms with Crippen LogP contribution in [0.2, 0.25) is 0 Å². The highest BCUT2D eigenvalue weighted by molar-refractivity contribution is 5.72. The minimum Gasteiger partial charge on any atom is -0.480 e. The molecule has 9 nitrogen and oxygen atoms in total. The maximum Gasteiger partial charge on any atom is 0.320 e. The van der Waals surface area contributed by atoms with E-state index in [0.29, 0.717) is 26.2 Å². The standard InChI is InChI=1S/C22H35N5O4/c1-18(22(30)31)27-10-4-9-24-11-12-26(17-21(28)29)8-3-7-25(13-14-27)16-20-6-2-5-19(15-24)23-20/h2,5-6,18H,3-4,7-17H2,1H3,(H,28,29)(H,30,31). The van der Waals surface area contributed by atoms with Crippen LogP contribution in [-0.4, -0.2) is 112 Å². The minimum atomic E-state index is -0.791. The normalized spacial score (nSPS) is 25.6. The van der Waals surface area contributed by atoms with E-state index in [1.54, 1.807) is 6.92 Å². The van der Waals surface area contributed by atoms with Crippen LogP contribution in [0.15, 0.2) is 18.2 Å². The average Bonchev–Trinajstić information content (AvgIpc) is 2.73. The van der Waals surface area contributed by atoms with Crippen molar-refractivity contribution in [2.45, 2.75) is 38.9 Å². The minimum absolute atomic E-state index is 0.0593. The lowest BCUT2D eigenvalue weighted by atomic mass is 10.2. The van der Waals surface area contributed by atoms with E-state index in [1.165, 1.54) is 0 Å². The lowest BCUT2D eigenvalue weighted by Gasteiger charge is -2.32. The van der Waals surface area contributed by atoms with Crippen LogP contribution in [0.1, 0.15) is 31.2 Å². The zero-order chi connectivity index (χ0) is 22.2. The number of carboxylic acid groups (broad SMARTS) is 2. The molecule has 1 aromatic heterocycles. The molecular weight excluding hydrogens is 398 g/mol. The lowest BCUT2D eigenvalue weighted by molar-refractivity contribution is -0.143. The van der Waals surface area contributed by atoms with E-state index in [9.17, 15) is 19.8 Å². The van der Waals surface area contributed by atoms with E-state index in [0.717, 1.165) is 63.5 Å².